The lowest BCUT2D eigenvalue weighted by atomic mass is 9.99. The molecule has 0 bridgehead atoms. The molecule has 1 aliphatic rings. The molecule has 1 aromatic rings. The molecule has 1 fully saturated rings. The van der Waals surface area contributed by atoms with Gasteiger partial charge in [0.2, 0.25) is 5.91 Å². The fourth-order valence-corrected chi connectivity index (χ4v) is 2.16. The molecular formula is C14H20N2O3. The topological polar surface area (TPSA) is 73.6 Å². The Morgan fingerprint density at radius 1 is 1.53 bits per heavy atom. The van der Waals surface area contributed by atoms with Gasteiger partial charge in [0.15, 0.2) is 0 Å². The number of methoxy groups -OCH3 is 1. The second kappa shape index (κ2) is 6.04. The number of hydrogen-bond acceptors (Lipinski definition) is 4. The largest absolute Gasteiger partial charge is 0.496 e. The highest BCUT2D eigenvalue weighted by atomic mass is 16.5. The van der Waals surface area contributed by atoms with E-state index in [1.165, 1.54) is 0 Å². The van der Waals surface area contributed by atoms with E-state index in [9.17, 15) is 4.79 Å². The summed E-state index contributed by atoms with van der Waals surface area (Å²) in [6.07, 6.45) is 1.29. The Kier molecular flexibility index (Phi) is 4.39. The van der Waals surface area contributed by atoms with Crippen LogP contribution < -0.4 is 15.8 Å². The molecule has 1 atom stereocenters. The number of nitrogens with one attached hydrogen (secondary N) is 1. The summed E-state index contributed by atoms with van der Waals surface area (Å²) in [5.41, 5.74) is 6.18. The molecular weight excluding hydrogens is 244 g/mol. The zero-order valence-electron chi connectivity index (χ0n) is 11.1. The molecule has 2 rings (SSSR count). The third kappa shape index (κ3) is 3.24. The minimum atomic E-state index is -0.860. The summed E-state index contributed by atoms with van der Waals surface area (Å²) in [5, 5.41) is 2.87. The molecule has 104 valence electrons. The Labute approximate surface area is 113 Å². The van der Waals surface area contributed by atoms with Crippen molar-refractivity contribution in [2.24, 2.45) is 5.73 Å². The number of carbonyl (C=O) groups is 1. The number of amides is 1. The summed E-state index contributed by atoms with van der Waals surface area (Å²) < 4.78 is 10.4. The highest BCUT2D eigenvalue weighted by Gasteiger charge is 2.37. The quantitative estimate of drug-likeness (QED) is 0.811. The molecule has 1 saturated heterocycles. The van der Waals surface area contributed by atoms with Crippen molar-refractivity contribution in [3.05, 3.63) is 29.8 Å². The van der Waals surface area contributed by atoms with Gasteiger partial charge in [-0.05, 0) is 24.5 Å². The van der Waals surface area contributed by atoms with E-state index < -0.39 is 5.54 Å². The highest BCUT2D eigenvalue weighted by Crippen LogP contribution is 2.18. The maximum absolute atomic E-state index is 12.0. The number of hydrogen-bond donors (Lipinski definition) is 2. The Balaban J connectivity index is 1.85. The van der Waals surface area contributed by atoms with E-state index in [0.29, 0.717) is 32.6 Å². The van der Waals surface area contributed by atoms with Crippen molar-refractivity contribution in [1.82, 2.24) is 5.32 Å². The zero-order valence-corrected chi connectivity index (χ0v) is 11.1. The lowest BCUT2D eigenvalue weighted by molar-refractivity contribution is -0.126. The highest BCUT2D eigenvalue weighted by molar-refractivity contribution is 5.86. The molecule has 0 aromatic heterocycles. The molecule has 0 spiro atoms. The fraction of sp³-hybridized carbons (Fsp3) is 0.500. The number of benzene rings is 1. The Bertz CT molecular complexity index is 442. The fourth-order valence-electron chi connectivity index (χ4n) is 2.16. The van der Waals surface area contributed by atoms with Crippen LogP contribution in [0.5, 0.6) is 5.75 Å². The molecule has 5 heteroatoms. The summed E-state index contributed by atoms with van der Waals surface area (Å²) in [6.45, 7) is 1.39. The van der Waals surface area contributed by atoms with Crippen LogP contribution in [0.3, 0.4) is 0 Å². The molecule has 1 heterocycles. The standard InChI is InChI=1S/C14H20N2O3/c1-18-12-5-3-2-4-11(12)6-8-16-13(17)14(15)7-9-19-10-14/h2-5H,6-10,15H2,1H3,(H,16,17). The molecule has 5 nitrogen and oxygen atoms in total. The van der Waals surface area contributed by atoms with E-state index in [4.69, 9.17) is 15.2 Å². The van der Waals surface area contributed by atoms with Gasteiger partial charge in [-0.3, -0.25) is 4.79 Å². The molecule has 0 saturated carbocycles. The van der Waals surface area contributed by atoms with Crippen LogP contribution in [0.25, 0.3) is 0 Å². The number of nitrogens with two attached hydrogens (primary N) is 1. The molecule has 1 amide bonds. The van der Waals surface area contributed by atoms with Gasteiger partial charge in [-0.2, -0.15) is 0 Å². The summed E-state index contributed by atoms with van der Waals surface area (Å²) in [6, 6.07) is 7.77. The minimum Gasteiger partial charge on any atom is -0.496 e. The maximum atomic E-state index is 12.0. The van der Waals surface area contributed by atoms with Crippen molar-refractivity contribution in [3.63, 3.8) is 0 Å². The van der Waals surface area contributed by atoms with E-state index in [-0.39, 0.29) is 5.91 Å². The predicted molar refractivity (Wildman–Crippen MR) is 72.1 cm³/mol. The van der Waals surface area contributed by atoms with Gasteiger partial charge in [0.05, 0.1) is 13.7 Å². The maximum Gasteiger partial charge on any atom is 0.242 e. The van der Waals surface area contributed by atoms with Crippen LogP contribution in [-0.2, 0) is 16.0 Å². The molecule has 1 aromatic carbocycles. The molecule has 1 aliphatic heterocycles. The van der Waals surface area contributed by atoms with Crippen LogP contribution in [0.4, 0.5) is 0 Å². The predicted octanol–water partition coefficient (Wildman–Crippen LogP) is 0.472. The summed E-state index contributed by atoms with van der Waals surface area (Å²) in [4.78, 5) is 12.0. The van der Waals surface area contributed by atoms with Gasteiger partial charge in [-0.25, -0.2) is 0 Å². The van der Waals surface area contributed by atoms with Crippen LogP contribution in [0.15, 0.2) is 24.3 Å². The average Bonchev–Trinajstić information content (AvgIpc) is 2.87. The summed E-state index contributed by atoms with van der Waals surface area (Å²) >= 11 is 0. The smallest absolute Gasteiger partial charge is 0.242 e. The van der Waals surface area contributed by atoms with Crippen molar-refractivity contribution in [3.8, 4) is 5.75 Å². The van der Waals surface area contributed by atoms with E-state index in [1.807, 2.05) is 24.3 Å². The average molecular weight is 264 g/mol. The number of para-hydroxylation sites is 1. The number of rotatable bonds is 5. The normalized spacial score (nSPS) is 22.2. The van der Waals surface area contributed by atoms with Crippen molar-refractivity contribution in [2.45, 2.75) is 18.4 Å². The first-order valence-corrected chi connectivity index (χ1v) is 6.42. The van der Waals surface area contributed by atoms with E-state index in [2.05, 4.69) is 5.32 Å². The lowest BCUT2D eigenvalue weighted by Gasteiger charge is -2.20. The minimum absolute atomic E-state index is 0.139. The third-order valence-corrected chi connectivity index (χ3v) is 3.38. The van der Waals surface area contributed by atoms with Crippen LogP contribution >= 0.6 is 0 Å². The summed E-state index contributed by atoms with van der Waals surface area (Å²) in [7, 11) is 1.64. The molecule has 0 aliphatic carbocycles. The van der Waals surface area contributed by atoms with E-state index >= 15 is 0 Å². The molecule has 19 heavy (non-hydrogen) atoms. The van der Waals surface area contributed by atoms with Gasteiger partial charge in [0, 0.05) is 13.2 Å². The third-order valence-electron chi connectivity index (χ3n) is 3.38. The first-order chi connectivity index (χ1) is 9.15. The second-order valence-corrected chi connectivity index (χ2v) is 4.78. The first-order valence-electron chi connectivity index (χ1n) is 6.42. The SMILES string of the molecule is COc1ccccc1CCNC(=O)C1(N)CCOC1. The van der Waals surface area contributed by atoms with Crippen molar-refractivity contribution < 1.29 is 14.3 Å². The van der Waals surface area contributed by atoms with Gasteiger partial charge in [0.25, 0.3) is 0 Å². The van der Waals surface area contributed by atoms with Crippen molar-refractivity contribution in [2.75, 3.05) is 26.9 Å². The van der Waals surface area contributed by atoms with Gasteiger partial charge in [-0.15, -0.1) is 0 Å². The van der Waals surface area contributed by atoms with Crippen LogP contribution in [0, 0.1) is 0 Å². The molecule has 3 N–H and O–H groups in total. The Morgan fingerprint density at radius 2 is 2.32 bits per heavy atom. The monoisotopic (exact) mass is 264 g/mol. The van der Waals surface area contributed by atoms with Crippen LogP contribution in [0.2, 0.25) is 0 Å². The van der Waals surface area contributed by atoms with Crippen molar-refractivity contribution >= 4 is 5.91 Å². The Hall–Kier alpha value is -1.59. The van der Waals surface area contributed by atoms with Gasteiger partial charge >= 0.3 is 0 Å². The van der Waals surface area contributed by atoms with E-state index in [0.717, 1.165) is 11.3 Å². The van der Waals surface area contributed by atoms with Gasteiger partial charge < -0.3 is 20.5 Å². The molecule has 0 radical (unpaired) electrons. The van der Waals surface area contributed by atoms with E-state index in [1.54, 1.807) is 7.11 Å². The zero-order chi connectivity index (χ0) is 13.7. The second-order valence-electron chi connectivity index (χ2n) is 4.78. The van der Waals surface area contributed by atoms with Gasteiger partial charge in [0.1, 0.15) is 11.3 Å². The number of ether oxygens (including phenoxy) is 2. The Morgan fingerprint density at radius 3 is 3.00 bits per heavy atom. The van der Waals surface area contributed by atoms with Crippen LogP contribution in [0.1, 0.15) is 12.0 Å². The van der Waals surface area contributed by atoms with Crippen molar-refractivity contribution in [1.29, 1.82) is 0 Å². The number of carbonyl (C=O) groups excluding carboxylic acids is 1. The first kappa shape index (κ1) is 13.8. The van der Waals surface area contributed by atoms with Crippen LogP contribution in [-0.4, -0.2) is 38.3 Å². The summed E-state index contributed by atoms with van der Waals surface area (Å²) in [5.74, 6) is 0.698. The van der Waals surface area contributed by atoms with Gasteiger partial charge in [-0.1, -0.05) is 18.2 Å². The molecule has 1 unspecified atom stereocenters. The lowest BCUT2D eigenvalue weighted by Crippen LogP contribution is -2.54.